The Kier molecular flexibility index (Phi) is 6.04. The van der Waals surface area contributed by atoms with Crippen LogP contribution in [0, 0.1) is 0 Å². The second-order valence-electron chi connectivity index (χ2n) is 4.04. The van der Waals surface area contributed by atoms with E-state index in [1.54, 1.807) is 0 Å². The summed E-state index contributed by atoms with van der Waals surface area (Å²) in [5.41, 5.74) is 7.98. The molecule has 0 saturated carbocycles. The van der Waals surface area contributed by atoms with Crippen LogP contribution in [-0.4, -0.2) is 23.0 Å². The average Bonchev–Trinajstić information content (AvgIpc) is 2.34. The zero-order valence-electron chi connectivity index (χ0n) is 10.4. The van der Waals surface area contributed by atoms with Crippen LogP contribution in [0.5, 0.6) is 0 Å². The van der Waals surface area contributed by atoms with Gasteiger partial charge in [-0.1, -0.05) is 26.3 Å². The molecule has 0 bridgehead atoms. The van der Waals surface area contributed by atoms with Crippen molar-refractivity contribution < 1.29 is 0 Å². The molecule has 1 heterocycles. The van der Waals surface area contributed by atoms with Gasteiger partial charge in [0.05, 0.1) is 5.69 Å². The standard InChI is InChI=1S/C13H23N3/c1-3-5-9-16(4-2)11-12-7-6-8-15-13(12)10-14/h6-8H,3-5,9-11,14H2,1-2H3. The van der Waals surface area contributed by atoms with Gasteiger partial charge in [-0.2, -0.15) is 0 Å². The van der Waals surface area contributed by atoms with Crippen LogP contribution in [0.3, 0.4) is 0 Å². The number of nitrogens with two attached hydrogens (primary N) is 1. The van der Waals surface area contributed by atoms with Crippen LogP contribution in [0.4, 0.5) is 0 Å². The summed E-state index contributed by atoms with van der Waals surface area (Å²) in [6, 6.07) is 4.12. The highest BCUT2D eigenvalue weighted by molar-refractivity contribution is 5.19. The van der Waals surface area contributed by atoms with Crippen molar-refractivity contribution in [3.63, 3.8) is 0 Å². The monoisotopic (exact) mass is 221 g/mol. The molecule has 0 saturated heterocycles. The van der Waals surface area contributed by atoms with E-state index in [0.29, 0.717) is 6.54 Å². The molecule has 1 aromatic rings. The van der Waals surface area contributed by atoms with Crippen LogP contribution in [0.1, 0.15) is 37.9 Å². The molecule has 16 heavy (non-hydrogen) atoms. The number of rotatable bonds is 7. The van der Waals surface area contributed by atoms with Crippen molar-refractivity contribution in [3.8, 4) is 0 Å². The smallest absolute Gasteiger partial charge is 0.0584 e. The van der Waals surface area contributed by atoms with Gasteiger partial charge in [0.1, 0.15) is 0 Å². The molecule has 3 nitrogen and oxygen atoms in total. The lowest BCUT2D eigenvalue weighted by molar-refractivity contribution is 0.274. The lowest BCUT2D eigenvalue weighted by Gasteiger charge is -2.21. The second kappa shape index (κ2) is 7.36. The molecule has 0 aliphatic heterocycles. The van der Waals surface area contributed by atoms with E-state index in [-0.39, 0.29) is 0 Å². The van der Waals surface area contributed by atoms with E-state index in [9.17, 15) is 0 Å². The van der Waals surface area contributed by atoms with Crippen molar-refractivity contribution in [3.05, 3.63) is 29.6 Å². The lowest BCUT2D eigenvalue weighted by atomic mass is 10.1. The number of hydrogen-bond acceptors (Lipinski definition) is 3. The molecule has 0 aromatic carbocycles. The topological polar surface area (TPSA) is 42.2 Å². The number of nitrogens with zero attached hydrogens (tertiary/aromatic N) is 2. The first-order chi connectivity index (χ1) is 7.81. The van der Waals surface area contributed by atoms with E-state index in [4.69, 9.17) is 5.73 Å². The molecule has 1 rings (SSSR count). The Hall–Kier alpha value is -0.930. The molecule has 2 N–H and O–H groups in total. The van der Waals surface area contributed by atoms with Crippen LogP contribution in [0.15, 0.2) is 18.3 Å². The summed E-state index contributed by atoms with van der Waals surface area (Å²) in [6.07, 6.45) is 4.31. The van der Waals surface area contributed by atoms with Gasteiger partial charge in [0, 0.05) is 19.3 Å². The Morgan fingerprint density at radius 1 is 1.38 bits per heavy atom. The normalized spacial score (nSPS) is 11.0. The third kappa shape index (κ3) is 3.91. The minimum atomic E-state index is 0.529. The molecule has 0 fully saturated rings. The Morgan fingerprint density at radius 3 is 2.81 bits per heavy atom. The maximum atomic E-state index is 5.69. The van der Waals surface area contributed by atoms with E-state index >= 15 is 0 Å². The highest BCUT2D eigenvalue weighted by Gasteiger charge is 2.06. The number of hydrogen-bond donors (Lipinski definition) is 1. The van der Waals surface area contributed by atoms with Gasteiger partial charge in [0.15, 0.2) is 0 Å². The maximum absolute atomic E-state index is 5.69. The summed E-state index contributed by atoms with van der Waals surface area (Å²) in [7, 11) is 0. The van der Waals surface area contributed by atoms with E-state index in [1.165, 1.54) is 18.4 Å². The van der Waals surface area contributed by atoms with Gasteiger partial charge in [-0.15, -0.1) is 0 Å². The van der Waals surface area contributed by atoms with Crippen LogP contribution < -0.4 is 5.73 Å². The Morgan fingerprint density at radius 2 is 2.19 bits per heavy atom. The zero-order valence-corrected chi connectivity index (χ0v) is 10.4. The molecule has 0 unspecified atom stereocenters. The molecular weight excluding hydrogens is 198 g/mol. The minimum absolute atomic E-state index is 0.529. The molecular formula is C13H23N3. The first kappa shape index (κ1) is 13.1. The summed E-state index contributed by atoms with van der Waals surface area (Å²) in [6.45, 7) is 8.17. The Labute approximate surface area is 98.7 Å². The van der Waals surface area contributed by atoms with Gasteiger partial charge in [-0.25, -0.2) is 0 Å². The van der Waals surface area contributed by atoms with Gasteiger partial charge in [0.25, 0.3) is 0 Å². The van der Waals surface area contributed by atoms with Crippen LogP contribution >= 0.6 is 0 Å². The van der Waals surface area contributed by atoms with Crippen molar-refractivity contribution in [1.82, 2.24) is 9.88 Å². The minimum Gasteiger partial charge on any atom is -0.325 e. The quantitative estimate of drug-likeness (QED) is 0.767. The summed E-state index contributed by atoms with van der Waals surface area (Å²) >= 11 is 0. The molecule has 0 aliphatic rings. The van der Waals surface area contributed by atoms with E-state index in [2.05, 4.69) is 29.8 Å². The molecule has 1 aromatic heterocycles. The van der Waals surface area contributed by atoms with Crippen molar-refractivity contribution in [2.75, 3.05) is 13.1 Å². The van der Waals surface area contributed by atoms with Gasteiger partial charge in [0.2, 0.25) is 0 Å². The SMILES string of the molecule is CCCCN(CC)Cc1cccnc1CN. The maximum Gasteiger partial charge on any atom is 0.0584 e. The first-order valence-corrected chi connectivity index (χ1v) is 6.17. The van der Waals surface area contributed by atoms with Crippen molar-refractivity contribution in [2.24, 2.45) is 5.73 Å². The number of aromatic nitrogens is 1. The fraction of sp³-hybridized carbons (Fsp3) is 0.615. The fourth-order valence-corrected chi connectivity index (χ4v) is 1.77. The summed E-state index contributed by atoms with van der Waals surface area (Å²) < 4.78 is 0. The van der Waals surface area contributed by atoms with Gasteiger partial charge in [-0.05, 0) is 31.1 Å². The zero-order chi connectivity index (χ0) is 11.8. The number of unbranched alkanes of at least 4 members (excludes halogenated alkanes) is 1. The molecule has 3 heteroatoms. The van der Waals surface area contributed by atoms with Crippen molar-refractivity contribution in [1.29, 1.82) is 0 Å². The third-order valence-corrected chi connectivity index (χ3v) is 2.85. The number of pyridine rings is 1. The van der Waals surface area contributed by atoms with Gasteiger partial charge < -0.3 is 5.73 Å². The van der Waals surface area contributed by atoms with Crippen LogP contribution in [0.25, 0.3) is 0 Å². The summed E-state index contributed by atoms with van der Waals surface area (Å²) in [4.78, 5) is 6.76. The molecule has 0 spiro atoms. The van der Waals surface area contributed by atoms with E-state index in [0.717, 1.165) is 25.3 Å². The Balaban J connectivity index is 2.62. The fourth-order valence-electron chi connectivity index (χ4n) is 1.77. The van der Waals surface area contributed by atoms with Crippen molar-refractivity contribution in [2.45, 2.75) is 39.8 Å². The average molecular weight is 221 g/mol. The molecule has 0 amide bonds. The van der Waals surface area contributed by atoms with Crippen molar-refractivity contribution >= 4 is 0 Å². The lowest BCUT2D eigenvalue weighted by Crippen LogP contribution is -2.25. The van der Waals surface area contributed by atoms with Gasteiger partial charge >= 0.3 is 0 Å². The molecule has 0 aliphatic carbocycles. The van der Waals surface area contributed by atoms with Crippen LogP contribution in [-0.2, 0) is 13.1 Å². The predicted molar refractivity (Wildman–Crippen MR) is 68.0 cm³/mol. The summed E-state index contributed by atoms with van der Waals surface area (Å²) in [5, 5.41) is 0. The third-order valence-electron chi connectivity index (χ3n) is 2.85. The highest BCUT2D eigenvalue weighted by Crippen LogP contribution is 2.09. The Bertz CT molecular complexity index is 299. The molecule has 90 valence electrons. The van der Waals surface area contributed by atoms with Gasteiger partial charge in [-0.3, -0.25) is 9.88 Å². The largest absolute Gasteiger partial charge is 0.325 e. The first-order valence-electron chi connectivity index (χ1n) is 6.17. The molecule has 0 radical (unpaired) electrons. The van der Waals surface area contributed by atoms with E-state index in [1.807, 2.05) is 12.3 Å². The molecule has 0 atom stereocenters. The van der Waals surface area contributed by atoms with E-state index < -0.39 is 0 Å². The second-order valence-corrected chi connectivity index (χ2v) is 4.04. The van der Waals surface area contributed by atoms with Crippen LogP contribution in [0.2, 0.25) is 0 Å². The predicted octanol–water partition coefficient (Wildman–Crippen LogP) is 2.16. The highest BCUT2D eigenvalue weighted by atomic mass is 15.1. The summed E-state index contributed by atoms with van der Waals surface area (Å²) in [5.74, 6) is 0.